The molecule has 1 fully saturated rings. The molecular weight excluding hydrogens is 330 g/mol. The number of nitrogens with zero attached hydrogens (tertiary/aromatic N) is 2. The zero-order valence-corrected chi connectivity index (χ0v) is 15.0. The van der Waals surface area contributed by atoms with E-state index in [1.54, 1.807) is 37.4 Å². The molecule has 7 nitrogen and oxygen atoms in total. The van der Waals surface area contributed by atoms with Crippen molar-refractivity contribution in [2.45, 2.75) is 25.8 Å². The van der Waals surface area contributed by atoms with Crippen LogP contribution in [0, 0.1) is 0 Å². The van der Waals surface area contributed by atoms with Crippen molar-refractivity contribution in [3.63, 3.8) is 0 Å². The lowest BCUT2D eigenvalue weighted by molar-refractivity contribution is -0.133. The Kier molecular flexibility index (Phi) is 6.33. The Morgan fingerprint density at radius 3 is 2.83 bits per heavy atom. The van der Waals surface area contributed by atoms with Gasteiger partial charge in [0.15, 0.2) is 0 Å². The summed E-state index contributed by atoms with van der Waals surface area (Å²) in [7, 11) is 3.44. The van der Waals surface area contributed by atoms with Gasteiger partial charge in [0, 0.05) is 14.1 Å². The van der Waals surface area contributed by atoms with Gasteiger partial charge >= 0.3 is 5.97 Å². The summed E-state index contributed by atoms with van der Waals surface area (Å²) in [6.07, 6.45) is 1.65. The maximum atomic E-state index is 12.3. The molecule has 1 aromatic heterocycles. The van der Waals surface area contributed by atoms with Crippen molar-refractivity contribution in [2.75, 3.05) is 39.1 Å². The molecular formula is C16H23N3O4S. The third kappa shape index (κ3) is 4.33. The van der Waals surface area contributed by atoms with Crippen LogP contribution in [0.5, 0.6) is 0 Å². The van der Waals surface area contributed by atoms with Gasteiger partial charge in [-0.25, -0.2) is 4.79 Å². The van der Waals surface area contributed by atoms with Crippen molar-refractivity contribution < 1.29 is 19.1 Å². The summed E-state index contributed by atoms with van der Waals surface area (Å²) < 4.78 is 4.97. The van der Waals surface area contributed by atoms with Crippen LogP contribution in [0.25, 0.3) is 0 Å². The highest BCUT2D eigenvalue weighted by Gasteiger charge is 2.33. The normalized spacial score (nSPS) is 17.5. The minimum Gasteiger partial charge on any atom is -0.462 e. The Morgan fingerprint density at radius 1 is 1.42 bits per heavy atom. The fraction of sp³-hybridized carbons (Fsp3) is 0.562. The molecule has 0 saturated carbocycles. The molecule has 24 heavy (non-hydrogen) atoms. The van der Waals surface area contributed by atoms with Gasteiger partial charge in [-0.15, -0.1) is 11.3 Å². The molecule has 0 radical (unpaired) electrons. The number of hydrogen-bond donors (Lipinski definition) is 1. The van der Waals surface area contributed by atoms with Crippen molar-refractivity contribution in [2.24, 2.45) is 0 Å². The van der Waals surface area contributed by atoms with Crippen LogP contribution in [0.1, 0.15) is 30.1 Å². The number of likely N-dealkylation sites (tertiary alicyclic amines) is 1. The zero-order chi connectivity index (χ0) is 17.7. The van der Waals surface area contributed by atoms with Gasteiger partial charge in [0.1, 0.15) is 5.00 Å². The smallest absolute Gasteiger partial charge is 0.341 e. The van der Waals surface area contributed by atoms with Crippen molar-refractivity contribution in [3.05, 3.63) is 17.0 Å². The lowest BCUT2D eigenvalue weighted by Gasteiger charge is -2.25. The van der Waals surface area contributed by atoms with Gasteiger partial charge in [-0.3, -0.25) is 14.5 Å². The molecule has 1 atom stereocenters. The molecule has 8 heteroatoms. The molecule has 1 aliphatic heterocycles. The fourth-order valence-corrected chi connectivity index (χ4v) is 3.51. The third-order valence-electron chi connectivity index (χ3n) is 3.85. The topological polar surface area (TPSA) is 79.0 Å². The minimum atomic E-state index is -0.448. The van der Waals surface area contributed by atoms with Crippen LogP contribution in [-0.4, -0.2) is 67.4 Å². The number of thiophene rings is 1. The first-order valence-corrected chi connectivity index (χ1v) is 8.81. The van der Waals surface area contributed by atoms with Crippen molar-refractivity contribution in [3.8, 4) is 0 Å². The lowest BCUT2D eigenvalue weighted by Crippen LogP contribution is -2.45. The molecule has 1 unspecified atom stereocenters. The van der Waals surface area contributed by atoms with Crippen LogP contribution in [0.4, 0.5) is 5.00 Å². The average Bonchev–Trinajstić information content (AvgIpc) is 3.15. The quantitative estimate of drug-likeness (QED) is 0.783. The fourth-order valence-electron chi connectivity index (χ4n) is 2.72. The van der Waals surface area contributed by atoms with Gasteiger partial charge in [0.05, 0.1) is 24.8 Å². The van der Waals surface area contributed by atoms with E-state index >= 15 is 0 Å². The van der Waals surface area contributed by atoms with E-state index < -0.39 is 5.97 Å². The van der Waals surface area contributed by atoms with Crippen molar-refractivity contribution in [1.29, 1.82) is 0 Å². The lowest BCUT2D eigenvalue weighted by atomic mass is 10.2. The Hall–Kier alpha value is -1.93. The minimum absolute atomic E-state index is 0.0173. The standard InChI is InChI=1S/C16H23N3O4S/c1-4-23-16(22)11-7-9-24-14(11)17-13(20)10-19-8-5-6-12(19)15(21)18(2)3/h7,9,12H,4-6,8,10H2,1-3H3,(H,17,20). The molecule has 2 heterocycles. The molecule has 1 N–H and O–H groups in total. The van der Waals surface area contributed by atoms with E-state index in [1.807, 2.05) is 4.90 Å². The van der Waals surface area contributed by atoms with Gasteiger partial charge in [0.2, 0.25) is 11.8 Å². The second kappa shape index (κ2) is 8.25. The van der Waals surface area contributed by atoms with E-state index in [2.05, 4.69) is 5.32 Å². The predicted molar refractivity (Wildman–Crippen MR) is 92.2 cm³/mol. The number of likely N-dealkylation sites (N-methyl/N-ethyl adjacent to an activating group) is 1. The summed E-state index contributed by atoms with van der Waals surface area (Å²) in [6.45, 7) is 2.86. The molecule has 132 valence electrons. The summed E-state index contributed by atoms with van der Waals surface area (Å²) in [5.74, 6) is -0.666. The number of rotatable bonds is 6. The SMILES string of the molecule is CCOC(=O)c1ccsc1NC(=O)CN1CCCC1C(=O)N(C)C. The second-order valence-corrected chi connectivity index (χ2v) is 6.71. The summed E-state index contributed by atoms with van der Waals surface area (Å²) in [5.41, 5.74) is 0.359. The number of carbonyl (C=O) groups is 3. The van der Waals surface area contributed by atoms with Gasteiger partial charge in [-0.1, -0.05) is 0 Å². The van der Waals surface area contributed by atoms with Gasteiger partial charge in [0.25, 0.3) is 0 Å². The predicted octanol–water partition coefficient (Wildman–Crippen LogP) is 1.42. The number of amides is 2. The molecule has 1 aliphatic rings. The van der Waals surface area contributed by atoms with Crippen LogP contribution < -0.4 is 5.32 Å². The van der Waals surface area contributed by atoms with E-state index in [9.17, 15) is 14.4 Å². The Labute approximate surface area is 145 Å². The number of esters is 1. The van der Waals surface area contributed by atoms with Crippen LogP contribution in [-0.2, 0) is 14.3 Å². The Bertz CT molecular complexity index is 614. The van der Waals surface area contributed by atoms with Crippen LogP contribution in [0.3, 0.4) is 0 Å². The molecule has 1 saturated heterocycles. The molecule has 0 spiro atoms. The van der Waals surface area contributed by atoms with Gasteiger partial charge < -0.3 is 15.0 Å². The number of ether oxygens (including phenoxy) is 1. The molecule has 2 amide bonds. The van der Waals surface area contributed by atoms with Crippen molar-refractivity contribution in [1.82, 2.24) is 9.80 Å². The molecule has 0 aromatic carbocycles. The number of hydrogen-bond acceptors (Lipinski definition) is 6. The van der Waals surface area contributed by atoms with E-state index in [0.717, 1.165) is 12.8 Å². The van der Waals surface area contributed by atoms with E-state index in [0.29, 0.717) is 17.1 Å². The van der Waals surface area contributed by atoms with E-state index in [1.165, 1.54) is 11.3 Å². The highest BCUT2D eigenvalue weighted by Crippen LogP contribution is 2.24. The molecule has 0 aliphatic carbocycles. The molecule has 2 rings (SSSR count). The number of anilines is 1. The van der Waals surface area contributed by atoms with Crippen LogP contribution >= 0.6 is 11.3 Å². The Morgan fingerprint density at radius 2 is 2.17 bits per heavy atom. The largest absolute Gasteiger partial charge is 0.462 e. The summed E-state index contributed by atoms with van der Waals surface area (Å²) in [5, 5.41) is 4.97. The van der Waals surface area contributed by atoms with Gasteiger partial charge in [-0.2, -0.15) is 0 Å². The zero-order valence-electron chi connectivity index (χ0n) is 14.2. The van der Waals surface area contributed by atoms with E-state index in [-0.39, 0.29) is 31.0 Å². The first-order valence-electron chi connectivity index (χ1n) is 7.93. The van der Waals surface area contributed by atoms with Crippen LogP contribution in [0.15, 0.2) is 11.4 Å². The summed E-state index contributed by atoms with van der Waals surface area (Å²) in [4.78, 5) is 39.8. The maximum Gasteiger partial charge on any atom is 0.341 e. The number of nitrogens with one attached hydrogen (secondary N) is 1. The monoisotopic (exact) mass is 353 g/mol. The summed E-state index contributed by atoms with van der Waals surface area (Å²) in [6, 6.07) is 1.38. The highest BCUT2D eigenvalue weighted by molar-refractivity contribution is 7.14. The Balaban J connectivity index is 1.97. The molecule has 1 aromatic rings. The first-order chi connectivity index (χ1) is 11.4. The van der Waals surface area contributed by atoms with Crippen molar-refractivity contribution >= 4 is 34.1 Å². The van der Waals surface area contributed by atoms with Gasteiger partial charge in [-0.05, 0) is 37.8 Å². The first kappa shape index (κ1) is 18.4. The third-order valence-corrected chi connectivity index (χ3v) is 4.68. The van der Waals surface area contributed by atoms with E-state index in [4.69, 9.17) is 4.74 Å². The molecule has 0 bridgehead atoms. The second-order valence-electron chi connectivity index (χ2n) is 5.79. The average molecular weight is 353 g/mol. The number of carbonyl (C=O) groups excluding carboxylic acids is 3. The maximum absolute atomic E-state index is 12.3. The summed E-state index contributed by atoms with van der Waals surface area (Å²) >= 11 is 1.28. The van der Waals surface area contributed by atoms with Crippen LogP contribution in [0.2, 0.25) is 0 Å². The highest BCUT2D eigenvalue weighted by atomic mass is 32.1.